The van der Waals surface area contributed by atoms with Crippen LogP contribution < -0.4 is 15.7 Å². The van der Waals surface area contributed by atoms with Gasteiger partial charge in [0.05, 0.1) is 13.2 Å². The molecule has 0 radical (unpaired) electrons. The molecular weight excluding hydrogens is 336 g/mol. The standard InChI is InChI=1S/C14H19ClN6O3/c15-11-4-2-1-3-10(11)9-16-12-17-13(20-24)19-14(18-12)21(5-7-22)6-8-23/h1-4,22-24H,5-9H2,(H2,16,17,18,19,20). The fourth-order valence-corrected chi connectivity index (χ4v) is 2.21. The maximum absolute atomic E-state index is 9.11. The van der Waals surface area contributed by atoms with Gasteiger partial charge in [0.15, 0.2) is 0 Å². The van der Waals surface area contributed by atoms with E-state index in [9.17, 15) is 0 Å². The van der Waals surface area contributed by atoms with Crippen LogP contribution in [0.4, 0.5) is 17.8 Å². The van der Waals surface area contributed by atoms with Gasteiger partial charge >= 0.3 is 0 Å². The quantitative estimate of drug-likeness (QED) is 0.414. The van der Waals surface area contributed by atoms with E-state index in [1.165, 1.54) is 0 Å². The van der Waals surface area contributed by atoms with Crippen molar-refractivity contribution in [2.24, 2.45) is 0 Å². The van der Waals surface area contributed by atoms with Gasteiger partial charge in [-0.2, -0.15) is 15.0 Å². The summed E-state index contributed by atoms with van der Waals surface area (Å²) in [7, 11) is 0. The highest BCUT2D eigenvalue weighted by Gasteiger charge is 2.13. The molecule has 5 N–H and O–H groups in total. The van der Waals surface area contributed by atoms with Gasteiger partial charge in [-0.3, -0.25) is 5.21 Å². The second-order valence-electron chi connectivity index (χ2n) is 4.77. The van der Waals surface area contributed by atoms with Crippen molar-refractivity contribution in [1.82, 2.24) is 15.0 Å². The summed E-state index contributed by atoms with van der Waals surface area (Å²) in [6.45, 7) is 0.596. The van der Waals surface area contributed by atoms with Crippen LogP contribution in [-0.4, -0.2) is 56.7 Å². The first-order chi connectivity index (χ1) is 11.7. The Balaban J connectivity index is 2.19. The molecule has 0 saturated heterocycles. The summed E-state index contributed by atoms with van der Waals surface area (Å²) in [5.74, 6) is 0.381. The number of hydrogen-bond donors (Lipinski definition) is 5. The molecule has 1 aromatic carbocycles. The predicted molar refractivity (Wildman–Crippen MR) is 90.4 cm³/mol. The topological polar surface area (TPSA) is 127 Å². The van der Waals surface area contributed by atoms with Crippen molar-refractivity contribution >= 4 is 29.4 Å². The van der Waals surface area contributed by atoms with Crippen LogP contribution >= 0.6 is 11.6 Å². The molecule has 0 atom stereocenters. The molecule has 10 heteroatoms. The number of rotatable bonds is 9. The maximum Gasteiger partial charge on any atom is 0.253 e. The van der Waals surface area contributed by atoms with Crippen LogP contribution in [0.15, 0.2) is 24.3 Å². The zero-order valence-corrected chi connectivity index (χ0v) is 13.6. The van der Waals surface area contributed by atoms with Gasteiger partial charge < -0.3 is 20.4 Å². The molecule has 24 heavy (non-hydrogen) atoms. The molecule has 9 nitrogen and oxygen atoms in total. The normalized spacial score (nSPS) is 10.5. The highest BCUT2D eigenvalue weighted by molar-refractivity contribution is 6.31. The average Bonchev–Trinajstić information content (AvgIpc) is 2.60. The lowest BCUT2D eigenvalue weighted by Crippen LogP contribution is -2.31. The molecule has 2 aromatic rings. The van der Waals surface area contributed by atoms with Crippen molar-refractivity contribution < 1.29 is 15.4 Å². The fraction of sp³-hybridized carbons (Fsp3) is 0.357. The molecule has 0 fully saturated rings. The molecule has 0 bridgehead atoms. The zero-order chi connectivity index (χ0) is 17.4. The third-order valence-electron chi connectivity index (χ3n) is 3.14. The number of anilines is 3. The molecule has 0 aliphatic carbocycles. The fourth-order valence-electron chi connectivity index (χ4n) is 2.00. The Bertz CT molecular complexity index is 654. The van der Waals surface area contributed by atoms with E-state index in [2.05, 4.69) is 20.3 Å². The maximum atomic E-state index is 9.11. The third kappa shape index (κ3) is 4.90. The summed E-state index contributed by atoms with van der Waals surface area (Å²) in [5.41, 5.74) is 2.74. The molecule has 1 heterocycles. The number of nitrogens with zero attached hydrogens (tertiary/aromatic N) is 4. The Hall–Kier alpha value is -2.20. The molecule has 0 amide bonds. The van der Waals surface area contributed by atoms with Crippen LogP contribution in [0.3, 0.4) is 0 Å². The highest BCUT2D eigenvalue weighted by Crippen LogP contribution is 2.17. The second-order valence-corrected chi connectivity index (χ2v) is 5.18. The summed E-state index contributed by atoms with van der Waals surface area (Å²) in [6.07, 6.45) is 0. The molecule has 0 spiro atoms. The van der Waals surface area contributed by atoms with E-state index in [0.717, 1.165) is 5.56 Å². The van der Waals surface area contributed by atoms with E-state index >= 15 is 0 Å². The molecule has 0 aliphatic heterocycles. The Morgan fingerprint density at radius 2 is 1.67 bits per heavy atom. The minimum atomic E-state index is -0.129. The van der Waals surface area contributed by atoms with Gasteiger partial charge in [0, 0.05) is 24.7 Å². The van der Waals surface area contributed by atoms with Crippen molar-refractivity contribution in [2.75, 3.05) is 42.0 Å². The Kier molecular flexibility index (Phi) is 6.94. The van der Waals surface area contributed by atoms with Crippen molar-refractivity contribution in [3.8, 4) is 0 Å². The van der Waals surface area contributed by atoms with E-state index in [-0.39, 0.29) is 44.1 Å². The lowest BCUT2D eigenvalue weighted by atomic mass is 10.2. The molecular formula is C14H19ClN6O3. The molecule has 130 valence electrons. The highest BCUT2D eigenvalue weighted by atomic mass is 35.5. The smallest absolute Gasteiger partial charge is 0.253 e. The molecule has 0 aliphatic rings. The van der Waals surface area contributed by atoms with E-state index in [0.29, 0.717) is 11.6 Å². The Morgan fingerprint density at radius 3 is 2.29 bits per heavy atom. The van der Waals surface area contributed by atoms with Gasteiger partial charge in [0.2, 0.25) is 11.9 Å². The lowest BCUT2D eigenvalue weighted by Gasteiger charge is -2.21. The number of aliphatic hydroxyl groups excluding tert-OH is 2. The Labute approximate surface area is 143 Å². The van der Waals surface area contributed by atoms with Crippen LogP contribution in [0.1, 0.15) is 5.56 Å². The van der Waals surface area contributed by atoms with Gasteiger partial charge in [-0.15, -0.1) is 0 Å². The molecule has 0 unspecified atom stereocenters. The van der Waals surface area contributed by atoms with E-state index in [4.69, 9.17) is 27.0 Å². The van der Waals surface area contributed by atoms with Crippen LogP contribution in [0.5, 0.6) is 0 Å². The Morgan fingerprint density at radius 1 is 1.00 bits per heavy atom. The summed E-state index contributed by atoms with van der Waals surface area (Å²) >= 11 is 6.10. The molecule has 1 aromatic heterocycles. The number of aromatic nitrogens is 3. The summed E-state index contributed by atoms with van der Waals surface area (Å²) in [5, 5.41) is 30.9. The first-order valence-corrected chi connectivity index (χ1v) is 7.66. The summed E-state index contributed by atoms with van der Waals surface area (Å²) in [6, 6.07) is 7.35. The lowest BCUT2D eigenvalue weighted by molar-refractivity contribution is 0.280. The monoisotopic (exact) mass is 354 g/mol. The summed E-state index contributed by atoms with van der Waals surface area (Å²) < 4.78 is 0. The number of halogens is 1. The largest absolute Gasteiger partial charge is 0.395 e. The second kappa shape index (κ2) is 9.18. The van der Waals surface area contributed by atoms with Gasteiger partial charge in [-0.1, -0.05) is 29.8 Å². The van der Waals surface area contributed by atoms with Crippen LogP contribution in [0.25, 0.3) is 0 Å². The van der Waals surface area contributed by atoms with E-state index < -0.39 is 0 Å². The molecule has 0 saturated carbocycles. The van der Waals surface area contributed by atoms with Crippen molar-refractivity contribution in [3.05, 3.63) is 34.9 Å². The third-order valence-corrected chi connectivity index (χ3v) is 3.51. The zero-order valence-electron chi connectivity index (χ0n) is 12.9. The number of nitrogens with one attached hydrogen (secondary N) is 2. The van der Waals surface area contributed by atoms with Crippen molar-refractivity contribution in [1.29, 1.82) is 0 Å². The average molecular weight is 355 g/mol. The first kappa shape index (κ1) is 18.1. The van der Waals surface area contributed by atoms with Gasteiger partial charge in [0.1, 0.15) is 0 Å². The minimum Gasteiger partial charge on any atom is -0.395 e. The first-order valence-electron chi connectivity index (χ1n) is 7.28. The van der Waals surface area contributed by atoms with Gasteiger partial charge in [0.25, 0.3) is 5.95 Å². The van der Waals surface area contributed by atoms with Crippen molar-refractivity contribution in [3.63, 3.8) is 0 Å². The van der Waals surface area contributed by atoms with E-state index in [1.807, 2.05) is 23.7 Å². The van der Waals surface area contributed by atoms with Crippen LogP contribution in [0, 0.1) is 0 Å². The molecule has 2 rings (SSSR count). The van der Waals surface area contributed by atoms with Gasteiger partial charge in [-0.25, -0.2) is 5.48 Å². The van der Waals surface area contributed by atoms with E-state index in [1.54, 1.807) is 11.0 Å². The summed E-state index contributed by atoms with van der Waals surface area (Å²) in [4.78, 5) is 13.8. The number of hydrogen-bond acceptors (Lipinski definition) is 9. The number of benzene rings is 1. The van der Waals surface area contributed by atoms with Crippen molar-refractivity contribution in [2.45, 2.75) is 6.54 Å². The van der Waals surface area contributed by atoms with Gasteiger partial charge in [-0.05, 0) is 11.6 Å². The van der Waals surface area contributed by atoms with Crippen LogP contribution in [-0.2, 0) is 6.54 Å². The minimum absolute atomic E-state index is 0.0532. The number of aliphatic hydroxyl groups is 2. The predicted octanol–water partition coefficient (Wildman–Crippen LogP) is 0.729. The van der Waals surface area contributed by atoms with Crippen LogP contribution in [0.2, 0.25) is 5.02 Å². The SMILES string of the molecule is OCCN(CCO)c1nc(NO)nc(NCc2ccccc2Cl)n1.